The molecule has 0 radical (unpaired) electrons. The van der Waals surface area contributed by atoms with E-state index in [1.807, 2.05) is 19.1 Å². The molecule has 0 aliphatic carbocycles. The summed E-state index contributed by atoms with van der Waals surface area (Å²) in [6.45, 7) is 5.94. The Balaban J connectivity index is 1.89. The third-order valence-electron chi connectivity index (χ3n) is 3.48. The summed E-state index contributed by atoms with van der Waals surface area (Å²) in [6, 6.07) is 4.04. The van der Waals surface area contributed by atoms with E-state index < -0.39 is 0 Å². The number of nitrogens with zero attached hydrogens (tertiary/aromatic N) is 1. The van der Waals surface area contributed by atoms with Gasteiger partial charge >= 0.3 is 0 Å². The second kappa shape index (κ2) is 7.31. The summed E-state index contributed by atoms with van der Waals surface area (Å²) in [6.07, 6.45) is 4.14. The molecule has 0 aromatic carbocycles. The SMILES string of the molecule is CCNCC(=O)NCC(c1ccco1)N1CCCC1. The number of carbonyl (C=O) groups excluding carboxylic acids is 1. The summed E-state index contributed by atoms with van der Waals surface area (Å²) in [5.41, 5.74) is 0. The highest BCUT2D eigenvalue weighted by Gasteiger charge is 2.25. The highest BCUT2D eigenvalue weighted by Crippen LogP contribution is 2.24. The number of hydrogen-bond acceptors (Lipinski definition) is 4. The number of furan rings is 1. The van der Waals surface area contributed by atoms with E-state index in [0.717, 1.165) is 25.4 Å². The first-order valence-electron chi connectivity index (χ1n) is 7.06. The van der Waals surface area contributed by atoms with Crippen LogP contribution in [-0.2, 0) is 4.79 Å². The van der Waals surface area contributed by atoms with Crippen LogP contribution in [0.1, 0.15) is 31.6 Å². The largest absolute Gasteiger partial charge is 0.468 e. The fourth-order valence-corrected chi connectivity index (χ4v) is 2.46. The van der Waals surface area contributed by atoms with Gasteiger partial charge in [0.25, 0.3) is 0 Å². The summed E-state index contributed by atoms with van der Waals surface area (Å²) in [5, 5.41) is 6.01. The molecule has 5 heteroatoms. The third kappa shape index (κ3) is 4.08. The van der Waals surface area contributed by atoms with Crippen LogP contribution in [0.15, 0.2) is 22.8 Å². The van der Waals surface area contributed by atoms with Crippen molar-refractivity contribution in [3.63, 3.8) is 0 Å². The maximum absolute atomic E-state index is 11.7. The summed E-state index contributed by atoms with van der Waals surface area (Å²) in [5.74, 6) is 0.975. The van der Waals surface area contributed by atoms with Gasteiger partial charge in [0.05, 0.1) is 18.8 Å². The van der Waals surface area contributed by atoms with Gasteiger partial charge in [-0.15, -0.1) is 0 Å². The van der Waals surface area contributed by atoms with E-state index in [2.05, 4.69) is 15.5 Å². The lowest BCUT2D eigenvalue weighted by molar-refractivity contribution is -0.120. The topological polar surface area (TPSA) is 57.5 Å². The highest BCUT2D eigenvalue weighted by molar-refractivity contribution is 5.78. The molecular formula is C14H23N3O2. The summed E-state index contributed by atoms with van der Waals surface area (Å²) in [4.78, 5) is 14.0. The third-order valence-corrected chi connectivity index (χ3v) is 3.48. The lowest BCUT2D eigenvalue weighted by atomic mass is 10.2. The number of rotatable bonds is 7. The van der Waals surface area contributed by atoms with E-state index in [0.29, 0.717) is 13.1 Å². The predicted octanol–water partition coefficient (Wildman–Crippen LogP) is 1.14. The molecule has 0 bridgehead atoms. The molecule has 1 amide bonds. The molecule has 1 aromatic rings. The molecule has 19 heavy (non-hydrogen) atoms. The number of likely N-dealkylation sites (N-methyl/N-ethyl adjacent to an activating group) is 1. The zero-order valence-corrected chi connectivity index (χ0v) is 11.5. The van der Waals surface area contributed by atoms with Crippen molar-refractivity contribution in [2.45, 2.75) is 25.8 Å². The normalized spacial score (nSPS) is 17.5. The van der Waals surface area contributed by atoms with Crippen LogP contribution in [0, 0.1) is 0 Å². The molecule has 1 fully saturated rings. The molecule has 1 saturated heterocycles. The summed E-state index contributed by atoms with van der Waals surface area (Å²) >= 11 is 0. The van der Waals surface area contributed by atoms with Crippen LogP contribution in [0.3, 0.4) is 0 Å². The summed E-state index contributed by atoms with van der Waals surface area (Å²) < 4.78 is 5.51. The maximum atomic E-state index is 11.7. The molecule has 1 unspecified atom stereocenters. The molecule has 1 aliphatic rings. The lowest BCUT2D eigenvalue weighted by Gasteiger charge is -2.26. The Morgan fingerprint density at radius 2 is 2.26 bits per heavy atom. The minimum Gasteiger partial charge on any atom is -0.468 e. The maximum Gasteiger partial charge on any atom is 0.234 e. The first kappa shape index (κ1) is 14.1. The van der Waals surface area contributed by atoms with Crippen molar-refractivity contribution in [3.8, 4) is 0 Å². The number of amides is 1. The van der Waals surface area contributed by atoms with Crippen molar-refractivity contribution < 1.29 is 9.21 Å². The van der Waals surface area contributed by atoms with Crippen LogP contribution in [0.4, 0.5) is 0 Å². The molecule has 2 rings (SSSR count). The Morgan fingerprint density at radius 1 is 1.47 bits per heavy atom. The van der Waals surface area contributed by atoms with Crippen LogP contribution in [0.5, 0.6) is 0 Å². The van der Waals surface area contributed by atoms with Crippen molar-refractivity contribution >= 4 is 5.91 Å². The van der Waals surface area contributed by atoms with Gasteiger partial charge in [0.1, 0.15) is 5.76 Å². The van der Waals surface area contributed by atoms with E-state index >= 15 is 0 Å². The van der Waals surface area contributed by atoms with Crippen LogP contribution in [0.25, 0.3) is 0 Å². The molecule has 1 atom stereocenters. The standard InChI is InChI=1S/C14H23N3O2/c1-2-15-11-14(18)16-10-12(13-6-5-9-19-13)17-7-3-4-8-17/h5-6,9,12,15H,2-4,7-8,10-11H2,1H3,(H,16,18). The Labute approximate surface area is 114 Å². The van der Waals surface area contributed by atoms with Gasteiger partial charge < -0.3 is 15.1 Å². The predicted molar refractivity (Wildman–Crippen MR) is 73.8 cm³/mol. The van der Waals surface area contributed by atoms with Crippen molar-refractivity contribution in [3.05, 3.63) is 24.2 Å². The molecule has 1 aliphatic heterocycles. The zero-order chi connectivity index (χ0) is 13.5. The molecular weight excluding hydrogens is 242 g/mol. The Hall–Kier alpha value is -1.33. The quantitative estimate of drug-likeness (QED) is 0.776. The van der Waals surface area contributed by atoms with E-state index in [9.17, 15) is 4.79 Å². The Kier molecular flexibility index (Phi) is 5.42. The first-order valence-corrected chi connectivity index (χ1v) is 7.06. The van der Waals surface area contributed by atoms with Gasteiger partial charge in [0.15, 0.2) is 0 Å². The average molecular weight is 265 g/mol. The van der Waals surface area contributed by atoms with Crippen LogP contribution < -0.4 is 10.6 Å². The number of hydrogen-bond donors (Lipinski definition) is 2. The molecule has 5 nitrogen and oxygen atoms in total. The van der Waals surface area contributed by atoms with Gasteiger partial charge in [-0.05, 0) is 44.6 Å². The smallest absolute Gasteiger partial charge is 0.234 e. The van der Waals surface area contributed by atoms with Crippen molar-refractivity contribution in [1.29, 1.82) is 0 Å². The second-order valence-corrected chi connectivity index (χ2v) is 4.86. The Bertz CT molecular complexity index is 372. The van der Waals surface area contributed by atoms with Crippen molar-refractivity contribution in [1.82, 2.24) is 15.5 Å². The molecule has 2 N–H and O–H groups in total. The minimum absolute atomic E-state index is 0.0394. The van der Waals surface area contributed by atoms with E-state index in [1.54, 1.807) is 6.26 Å². The van der Waals surface area contributed by atoms with Gasteiger partial charge in [-0.2, -0.15) is 0 Å². The number of carbonyl (C=O) groups is 1. The minimum atomic E-state index is 0.0394. The van der Waals surface area contributed by atoms with Gasteiger partial charge in [-0.25, -0.2) is 0 Å². The molecule has 2 heterocycles. The van der Waals surface area contributed by atoms with E-state index in [1.165, 1.54) is 12.8 Å². The van der Waals surface area contributed by atoms with E-state index in [-0.39, 0.29) is 11.9 Å². The Morgan fingerprint density at radius 3 is 2.89 bits per heavy atom. The fourth-order valence-electron chi connectivity index (χ4n) is 2.46. The van der Waals surface area contributed by atoms with Crippen molar-refractivity contribution in [2.75, 3.05) is 32.7 Å². The number of nitrogens with one attached hydrogen (secondary N) is 2. The van der Waals surface area contributed by atoms with Gasteiger partial charge in [-0.3, -0.25) is 9.69 Å². The van der Waals surface area contributed by atoms with Crippen molar-refractivity contribution in [2.24, 2.45) is 0 Å². The van der Waals surface area contributed by atoms with Gasteiger partial charge in [-0.1, -0.05) is 6.92 Å². The first-order chi connectivity index (χ1) is 9.31. The molecule has 0 spiro atoms. The zero-order valence-electron chi connectivity index (χ0n) is 11.5. The van der Waals surface area contributed by atoms with Crippen LogP contribution >= 0.6 is 0 Å². The molecule has 0 saturated carbocycles. The van der Waals surface area contributed by atoms with E-state index in [4.69, 9.17) is 4.42 Å². The van der Waals surface area contributed by atoms with Gasteiger partial charge in [0, 0.05) is 6.54 Å². The van der Waals surface area contributed by atoms with Crippen LogP contribution in [-0.4, -0.2) is 43.5 Å². The average Bonchev–Trinajstić information content (AvgIpc) is 3.09. The second-order valence-electron chi connectivity index (χ2n) is 4.86. The van der Waals surface area contributed by atoms with Crippen LogP contribution in [0.2, 0.25) is 0 Å². The molecule has 106 valence electrons. The lowest BCUT2D eigenvalue weighted by Crippen LogP contribution is -2.40. The number of likely N-dealkylation sites (tertiary alicyclic amines) is 1. The summed E-state index contributed by atoms with van der Waals surface area (Å²) in [7, 11) is 0. The monoisotopic (exact) mass is 265 g/mol. The molecule has 1 aromatic heterocycles. The highest BCUT2D eigenvalue weighted by atomic mass is 16.3. The van der Waals surface area contributed by atoms with Gasteiger partial charge in [0.2, 0.25) is 5.91 Å². The fraction of sp³-hybridized carbons (Fsp3) is 0.643.